The summed E-state index contributed by atoms with van der Waals surface area (Å²) in [5, 5.41) is 1.93. The average molecular weight is 490 g/mol. The SMILES string of the molecule is O=C(C[C@]1(c2ccccc2)CC(=O)N(Cc2cccs2)C1=O)N1CCCN(c2ncccn2)CC1. The van der Waals surface area contributed by atoms with Crippen LogP contribution in [0.5, 0.6) is 0 Å². The molecule has 0 bridgehead atoms. The summed E-state index contributed by atoms with van der Waals surface area (Å²) in [6.45, 7) is 2.72. The number of rotatable bonds is 6. The Hall–Kier alpha value is -3.59. The monoisotopic (exact) mass is 489 g/mol. The van der Waals surface area contributed by atoms with Gasteiger partial charge >= 0.3 is 0 Å². The van der Waals surface area contributed by atoms with E-state index >= 15 is 0 Å². The van der Waals surface area contributed by atoms with E-state index in [9.17, 15) is 14.4 Å². The van der Waals surface area contributed by atoms with E-state index in [1.54, 1.807) is 18.5 Å². The molecular weight excluding hydrogens is 462 g/mol. The highest BCUT2D eigenvalue weighted by Gasteiger charge is 2.54. The minimum Gasteiger partial charge on any atom is -0.341 e. The van der Waals surface area contributed by atoms with Crippen molar-refractivity contribution in [3.8, 4) is 0 Å². The molecule has 2 aliphatic heterocycles. The molecule has 180 valence electrons. The molecule has 2 saturated heterocycles. The maximum atomic E-state index is 13.8. The summed E-state index contributed by atoms with van der Waals surface area (Å²) >= 11 is 1.51. The quantitative estimate of drug-likeness (QED) is 0.495. The Kier molecular flexibility index (Phi) is 6.59. The van der Waals surface area contributed by atoms with Gasteiger partial charge in [-0.05, 0) is 29.5 Å². The van der Waals surface area contributed by atoms with Gasteiger partial charge in [-0.25, -0.2) is 9.97 Å². The maximum absolute atomic E-state index is 13.8. The van der Waals surface area contributed by atoms with Crippen molar-refractivity contribution in [1.82, 2.24) is 19.8 Å². The normalized spacial score (nSPS) is 20.9. The first kappa shape index (κ1) is 23.2. The van der Waals surface area contributed by atoms with E-state index in [1.165, 1.54) is 16.2 Å². The lowest BCUT2D eigenvalue weighted by Crippen LogP contribution is -2.44. The molecule has 0 spiro atoms. The van der Waals surface area contributed by atoms with E-state index in [4.69, 9.17) is 0 Å². The van der Waals surface area contributed by atoms with Gasteiger partial charge in [0.15, 0.2) is 0 Å². The van der Waals surface area contributed by atoms with Crippen molar-refractivity contribution in [2.24, 2.45) is 0 Å². The molecule has 0 unspecified atom stereocenters. The summed E-state index contributed by atoms with van der Waals surface area (Å²) in [5.41, 5.74) is -0.462. The zero-order valence-electron chi connectivity index (χ0n) is 19.4. The molecule has 8 nitrogen and oxygen atoms in total. The number of nitrogens with zero attached hydrogens (tertiary/aromatic N) is 5. The second kappa shape index (κ2) is 9.95. The first-order chi connectivity index (χ1) is 17.1. The van der Waals surface area contributed by atoms with Gasteiger partial charge in [-0.1, -0.05) is 36.4 Å². The molecule has 0 saturated carbocycles. The third kappa shape index (κ3) is 4.68. The predicted molar refractivity (Wildman–Crippen MR) is 133 cm³/mol. The molecule has 4 heterocycles. The molecule has 0 aliphatic carbocycles. The van der Waals surface area contributed by atoms with Crippen LogP contribution >= 0.6 is 11.3 Å². The smallest absolute Gasteiger partial charge is 0.241 e. The molecule has 2 aromatic heterocycles. The number of hydrogen-bond donors (Lipinski definition) is 0. The Morgan fingerprint density at radius 3 is 2.49 bits per heavy atom. The minimum absolute atomic E-state index is 0.00474. The Morgan fingerprint density at radius 1 is 0.943 bits per heavy atom. The molecule has 3 aromatic rings. The van der Waals surface area contributed by atoms with E-state index in [0.29, 0.717) is 25.6 Å². The lowest BCUT2D eigenvalue weighted by atomic mass is 9.75. The summed E-state index contributed by atoms with van der Waals surface area (Å²) in [7, 11) is 0. The van der Waals surface area contributed by atoms with Gasteiger partial charge in [0.25, 0.3) is 0 Å². The highest BCUT2D eigenvalue weighted by Crippen LogP contribution is 2.41. The van der Waals surface area contributed by atoms with Crippen molar-refractivity contribution in [3.05, 3.63) is 76.7 Å². The molecule has 1 atom stereocenters. The van der Waals surface area contributed by atoms with Crippen molar-refractivity contribution in [3.63, 3.8) is 0 Å². The predicted octanol–water partition coefficient (Wildman–Crippen LogP) is 2.86. The van der Waals surface area contributed by atoms with Crippen molar-refractivity contribution >= 4 is 35.0 Å². The fourth-order valence-corrected chi connectivity index (χ4v) is 5.63. The van der Waals surface area contributed by atoms with Crippen LogP contribution in [0.25, 0.3) is 0 Å². The van der Waals surface area contributed by atoms with E-state index in [2.05, 4.69) is 14.9 Å². The van der Waals surface area contributed by atoms with Crippen LogP contribution in [0, 0.1) is 0 Å². The summed E-state index contributed by atoms with van der Waals surface area (Å²) in [4.78, 5) is 55.3. The first-order valence-electron chi connectivity index (χ1n) is 11.8. The summed E-state index contributed by atoms with van der Waals surface area (Å²) < 4.78 is 0. The molecule has 2 fully saturated rings. The summed E-state index contributed by atoms with van der Waals surface area (Å²) in [6.07, 6.45) is 4.18. The Bertz CT molecular complexity index is 1190. The number of aromatic nitrogens is 2. The number of amides is 3. The second-order valence-electron chi connectivity index (χ2n) is 8.94. The van der Waals surface area contributed by atoms with Crippen LogP contribution in [0.4, 0.5) is 5.95 Å². The van der Waals surface area contributed by atoms with Crippen LogP contribution in [-0.4, -0.2) is 63.7 Å². The number of carbonyl (C=O) groups is 3. The lowest BCUT2D eigenvalue weighted by molar-refractivity contribution is -0.143. The van der Waals surface area contributed by atoms with Crippen molar-refractivity contribution in [1.29, 1.82) is 0 Å². The third-order valence-corrected chi connectivity index (χ3v) is 7.63. The molecule has 0 N–H and O–H groups in total. The van der Waals surface area contributed by atoms with Gasteiger partial charge in [0, 0.05) is 56.3 Å². The van der Waals surface area contributed by atoms with Gasteiger partial charge in [-0.2, -0.15) is 0 Å². The Balaban J connectivity index is 1.36. The number of likely N-dealkylation sites (tertiary alicyclic amines) is 1. The van der Waals surface area contributed by atoms with E-state index in [-0.39, 0.29) is 37.1 Å². The number of imide groups is 1. The van der Waals surface area contributed by atoms with Crippen molar-refractivity contribution in [2.45, 2.75) is 31.2 Å². The van der Waals surface area contributed by atoms with Crippen LogP contribution in [0.1, 0.15) is 29.7 Å². The van der Waals surface area contributed by atoms with E-state index < -0.39 is 5.41 Å². The number of thiophene rings is 1. The number of anilines is 1. The molecular formula is C26H27N5O3S. The van der Waals surface area contributed by atoms with Crippen LogP contribution in [0.15, 0.2) is 66.3 Å². The molecule has 9 heteroatoms. The van der Waals surface area contributed by atoms with E-state index in [1.807, 2.05) is 52.7 Å². The Labute approximate surface area is 208 Å². The second-order valence-corrected chi connectivity index (χ2v) is 9.97. The van der Waals surface area contributed by atoms with Crippen LogP contribution in [0.2, 0.25) is 0 Å². The molecule has 0 radical (unpaired) electrons. The summed E-state index contributed by atoms with van der Waals surface area (Å²) in [6, 6.07) is 14.9. The van der Waals surface area contributed by atoms with E-state index in [0.717, 1.165) is 23.4 Å². The number of hydrogen-bond acceptors (Lipinski definition) is 7. The van der Waals surface area contributed by atoms with Gasteiger partial charge in [0.1, 0.15) is 0 Å². The molecule has 3 amide bonds. The zero-order valence-corrected chi connectivity index (χ0v) is 20.2. The van der Waals surface area contributed by atoms with Gasteiger partial charge in [-0.3, -0.25) is 19.3 Å². The van der Waals surface area contributed by atoms with Gasteiger partial charge in [0.05, 0.1) is 12.0 Å². The highest BCUT2D eigenvalue weighted by molar-refractivity contribution is 7.09. The van der Waals surface area contributed by atoms with Gasteiger partial charge in [0.2, 0.25) is 23.7 Å². The number of benzene rings is 1. The molecule has 5 rings (SSSR count). The zero-order chi connectivity index (χ0) is 24.3. The molecule has 2 aliphatic rings. The first-order valence-corrected chi connectivity index (χ1v) is 12.7. The largest absolute Gasteiger partial charge is 0.341 e. The topological polar surface area (TPSA) is 86.7 Å². The summed E-state index contributed by atoms with van der Waals surface area (Å²) in [5.74, 6) is 0.0278. The fourth-order valence-electron chi connectivity index (χ4n) is 4.93. The highest BCUT2D eigenvalue weighted by atomic mass is 32.1. The van der Waals surface area contributed by atoms with Crippen LogP contribution in [-0.2, 0) is 26.3 Å². The van der Waals surface area contributed by atoms with Crippen LogP contribution < -0.4 is 4.90 Å². The third-order valence-electron chi connectivity index (χ3n) is 6.77. The average Bonchev–Trinajstić information content (AvgIpc) is 3.38. The minimum atomic E-state index is -1.18. The fraction of sp³-hybridized carbons (Fsp3) is 0.346. The van der Waals surface area contributed by atoms with Crippen molar-refractivity contribution in [2.75, 3.05) is 31.1 Å². The van der Waals surface area contributed by atoms with Gasteiger partial charge in [-0.15, -0.1) is 11.3 Å². The standard InChI is InChI=1S/C26H27N5O3S/c32-22(29-12-6-13-30(15-14-29)25-27-10-5-11-28-25)17-26(20-7-2-1-3-8-20)18-23(33)31(24(26)34)19-21-9-4-16-35-21/h1-5,7-11,16H,6,12-15,17-19H2/t26-/m1/s1. The maximum Gasteiger partial charge on any atom is 0.241 e. The van der Waals surface area contributed by atoms with Crippen molar-refractivity contribution < 1.29 is 14.4 Å². The van der Waals surface area contributed by atoms with Crippen LogP contribution in [0.3, 0.4) is 0 Å². The number of carbonyl (C=O) groups excluding carboxylic acids is 3. The Morgan fingerprint density at radius 2 is 1.74 bits per heavy atom. The molecule has 35 heavy (non-hydrogen) atoms. The molecule has 1 aromatic carbocycles. The van der Waals surface area contributed by atoms with Gasteiger partial charge < -0.3 is 9.80 Å². The lowest BCUT2D eigenvalue weighted by Gasteiger charge is -2.30.